The van der Waals surface area contributed by atoms with E-state index >= 15 is 0 Å². The van der Waals surface area contributed by atoms with Gasteiger partial charge in [-0.3, -0.25) is 0 Å². The molecule has 0 saturated heterocycles. The van der Waals surface area contributed by atoms with Gasteiger partial charge in [-0.05, 0) is 0 Å². The third-order valence-corrected chi connectivity index (χ3v) is 2.74. The van der Waals surface area contributed by atoms with Gasteiger partial charge in [0.2, 0.25) is 0 Å². The number of rotatable bonds is 5. The van der Waals surface area contributed by atoms with Crippen molar-refractivity contribution < 1.29 is 48.1 Å². The molecule has 0 fully saturated rings. The fourth-order valence-electron chi connectivity index (χ4n) is 0.186. The van der Waals surface area contributed by atoms with Crippen molar-refractivity contribution in [2.24, 2.45) is 0 Å². The zero-order valence-corrected chi connectivity index (χ0v) is 6.92. The molecule has 0 bridgehead atoms. The van der Waals surface area contributed by atoms with Crippen LogP contribution in [0.25, 0.3) is 0 Å². The Morgan fingerprint density at radius 2 is 1.33 bits per heavy atom. The molecule has 0 rings (SSSR count). The van der Waals surface area contributed by atoms with Gasteiger partial charge >= 0.3 is 15.6 Å². The first kappa shape index (κ1) is 12.1. The van der Waals surface area contributed by atoms with Crippen LogP contribution in [0.15, 0.2) is 0 Å². The van der Waals surface area contributed by atoms with Crippen LogP contribution in [0.3, 0.4) is 0 Å². The highest BCUT2D eigenvalue weighted by Crippen LogP contribution is 2.61. The van der Waals surface area contributed by atoms with Crippen molar-refractivity contribution in [3.05, 3.63) is 0 Å². The molecule has 1 unspecified atom stereocenters. The van der Waals surface area contributed by atoms with Crippen molar-refractivity contribution >= 4 is 15.6 Å². The van der Waals surface area contributed by atoms with Gasteiger partial charge in [0, 0.05) is 0 Å². The first-order valence-corrected chi connectivity index (χ1v) is 4.98. The quantitative estimate of drug-likeness (QED) is 0.299. The Hall–Kier alpha value is 0.140. The van der Waals surface area contributed by atoms with E-state index in [0.717, 1.165) is 0 Å². The second-order valence-corrected chi connectivity index (χ2v) is 4.22. The van der Waals surface area contributed by atoms with E-state index in [4.69, 9.17) is 20.7 Å². The van der Waals surface area contributed by atoms with Crippen LogP contribution in [-0.2, 0) is 27.5 Å². The molecule has 1 atom stereocenters. The molecular formula is H4O10P2. The molecule has 0 aliphatic rings. The normalized spacial score (nSPS) is 17.3. The predicted octanol–water partition coefficient (Wildman–Crippen LogP) is 0.680. The largest absolute Gasteiger partial charge is 0.537 e. The summed E-state index contributed by atoms with van der Waals surface area (Å²) in [6.07, 6.45) is 0. The van der Waals surface area contributed by atoms with Gasteiger partial charge in [-0.25, -0.2) is 24.9 Å². The Morgan fingerprint density at radius 3 is 1.58 bits per heavy atom. The fraction of sp³-hybridized carbons (Fsp3) is 0. The molecule has 0 aliphatic carbocycles. The lowest BCUT2D eigenvalue weighted by Crippen LogP contribution is -1.95. The summed E-state index contributed by atoms with van der Waals surface area (Å²) >= 11 is 0. The Balaban J connectivity index is 4.42. The van der Waals surface area contributed by atoms with E-state index in [1.54, 1.807) is 0 Å². The zero-order valence-electron chi connectivity index (χ0n) is 5.13. The van der Waals surface area contributed by atoms with E-state index in [2.05, 4.69) is 18.3 Å². The van der Waals surface area contributed by atoms with Gasteiger partial charge in [0.1, 0.15) is 0 Å². The molecule has 0 aromatic rings. The second kappa shape index (κ2) is 4.40. The molecule has 0 radical (unpaired) electrons. The summed E-state index contributed by atoms with van der Waals surface area (Å²) in [5.41, 5.74) is 0. The summed E-state index contributed by atoms with van der Waals surface area (Å²) in [6.45, 7) is 0. The average Bonchev–Trinajstić information content (AvgIpc) is 2.04. The van der Waals surface area contributed by atoms with Crippen molar-refractivity contribution in [3.8, 4) is 0 Å². The lowest BCUT2D eigenvalue weighted by Gasteiger charge is -2.10. The van der Waals surface area contributed by atoms with E-state index < -0.39 is 15.6 Å². The molecule has 74 valence electrons. The first-order valence-electron chi connectivity index (χ1n) is 2.03. The SMILES string of the molecule is O=P(O)(OO)OP(=O)(OO)OO. The van der Waals surface area contributed by atoms with Gasteiger partial charge in [0.25, 0.3) is 0 Å². The molecule has 0 heterocycles. The molecular weight excluding hydrogens is 222 g/mol. The maximum Gasteiger partial charge on any atom is 0.537 e. The molecule has 0 amide bonds. The number of hydrogen-bond donors (Lipinski definition) is 4. The van der Waals surface area contributed by atoms with E-state index in [9.17, 15) is 9.13 Å². The predicted molar refractivity (Wildman–Crippen MR) is 29.7 cm³/mol. The molecule has 0 aromatic heterocycles. The van der Waals surface area contributed by atoms with Gasteiger partial charge in [0.15, 0.2) is 0 Å². The van der Waals surface area contributed by atoms with Crippen molar-refractivity contribution in [2.75, 3.05) is 0 Å². The third kappa shape index (κ3) is 3.70. The average molecular weight is 226 g/mol. The van der Waals surface area contributed by atoms with E-state index in [0.29, 0.717) is 0 Å². The summed E-state index contributed by atoms with van der Waals surface area (Å²) < 4.78 is 32.5. The smallest absolute Gasteiger partial charge is 0.301 e. The summed E-state index contributed by atoms with van der Waals surface area (Å²) in [5, 5.41) is 23.0. The van der Waals surface area contributed by atoms with Crippen LogP contribution >= 0.6 is 15.6 Å². The monoisotopic (exact) mass is 226 g/mol. The van der Waals surface area contributed by atoms with Crippen molar-refractivity contribution in [1.82, 2.24) is 0 Å². The molecule has 4 N–H and O–H groups in total. The van der Waals surface area contributed by atoms with Gasteiger partial charge < -0.3 is 4.89 Å². The van der Waals surface area contributed by atoms with E-state index in [-0.39, 0.29) is 0 Å². The standard InChI is InChI=1S/H4O10P2/c1-7-11(4,5)10-12(6,8-2)9-3/h1-3H,(H,4,5). The van der Waals surface area contributed by atoms with Gasteiger partial charge in [-0.15, -0.1) is 14.0 Å². The van der Waals surface area contributed by atoms with Crippen LogP contribution in [0, 0.1) is 0 Å². The van der Waals surface area contributed by atoms with Gasteiger partial charge in [0.05, 0.1) is 0 Å². The Kier molecular flexibility index (Phi) is 4.45. The fourth-order valence-corrected chi connectivity index (χ4v) is 1.58. The third-order valence-electron chi connectivity index (χ3n) is 0.506. The summed E-state index contributed by atoms with van der Waals surface area (Å²) in [6, 6.07) is 0. The molecule has 12 heavy (non-hydrogen) atoms. The zero-order chi connectivity index (χ0) is 9.83. The topological polar surface area (TPSA) is 152 Å². The van der Waals surface area contributed by atoms with Gasteiger partial charge in [-0.2, -0.15) is 4.31 Å². The highest BCUT2D eigenvalue weighted by Gasteiger charge is 2.39. The van der Waals surface area contributed by atoms with Crippen molar-refractivity contribution in [2.45, 2.75) is 0 Å². The minimum atomic E-state index is -5.11. The molecule has 0 spiro atoms. The number of phosphoric acid groups is 2. The highest BCUT2D eigenvalue weighted by atomic mass is 31.3. The van der Waals surface area contributed by atoms with Crippen molar-refractivity contribution in [1.29, 1.82) is 0 Å². The molecule has 10 nitrogen and oxygen atoms in total. The molecule has 0 aromatic carbocycles. The highest BCUT2D eigenvalue weighted by molar-refractivity contribution is 7.61. The van der Waals surface area contributed by atoms with Crippen LogP contribution < -0.4 is 0 Å². The first-order chi connectivity index (χ1) is 5.39. The van der Waals surface area contributed by atoms with Crippen LogP contribution in [0.4, 0.5) is 0 Å². The van der Waals surface area contributed by atoms with E-state index in [1.165, 1.54) is 0 Å². The molecule has 12 heteroatoms. The maximum absolute atomic E-state index is 10.4. The lowest BCUT2D eigenvalue weighted by molar-refractivity contribution is -0.226. The maximum atomic E-state index is 10.4. The van der Waals surface area contributed by atoms with Crippen LogP contribution in [0.5, 0.6) is 0 Å². The van der Waals surface area contributed by atoms with Crippen LogP contribution in [0.2, 0.25) is 0 Å². The number of hydrogen-bond acceptors (Lipinski definition) is 9. The molecule has 0 aliphatic heterocycles. The van der Waals surface area contributed by atoms with Crippen LogP contribution in [0.1, 0.15) is 0 Å². The second-order valence-electron chi connectivity index (χ2n) is 1.24. The van der Waals surface area contributed by atoms with Crippen LogP contribution in [-0.4, -0.2) is 20.7 Å². The van der Waals surface area contributed by atoms with Crippen molar-refractivity contribution in [3.63, 3.8) is 0 Å². The lowest BCUT2D eigenvalue weighted by atomic mass is 14.9. The van der Waals surface area contributed by atoms with Gasteiger partial charge in [-0.1, -0.05) is 0 Å². The Morgan fingerprint density at radius 1 is 0.917 bits per heavy atom. The Bertz CT molecular complexity index is 208. The summed E-state index contributed by atoms with van der Waals surface area (Å²) in [5.74, 6) is 0. The minimum Gasteiger partial charge on any atom is -0.301 e. The van der Waals surface area contributed by atoms with E-state index in [1.807, 2.05) is 0 Å². The molecule has 0 saturated carbocycles. The summed E-state index contributed by atoms with van der Waals surface area (Å²) in [7, 11) is -10.1. The minimum absolute atomic E-state index is 2.77. The Labute approximate surface area is 64.9 Å². The summed E-state index contributed by atoms with van der Waals surface area (Å²) in [4.78, 5) is 8.23.